The van der Waals surface area contributed by atoms with Crippen molar-refractivity contribution in [2.45, 2.75) is 109 Å². The van der Waals surface area contributed by atoms with Crippen molar-refractivity contribution in [2.75, 3.05) is 0 Å². The number of nitrogens with zero attached hydrogens (tertiary/aromatic N) is 2. The first-order valence-corrected chi connectivity index (χ1v) is 10.5. The van der Waals surface area contributed by atoms with Crippen LogP contribution in [0.3, 0.4) is 0 Å². The van der Waals surface area contributed by atoms with E-state index in [2.05, 4.69) is 18.8 Å². The molecule has 4 heteroatoms. The molecule has 0 spiro atoms. The van der Waals surface area contributed by atoms with Gasteiger partial charge in [-0.1, -0.05) is 90.9 Å². The monoisotopic (exact) mass is 349 g/mol. The molecule has 0 fully saturated rings. The fourth-order valence-electron chi connectivity index (χ4n) is 3.66. The predicted octanol–water partition coefficient (Wildman–Crippen LogP) is 5.56. The van der Waals surface area contributed by atoms with Gasteiger partial charge in [0.15, 0.2) is 0 Å². The van der Waals surface area contributed by atoms with Gasteiger partial charge in [-0.3, -0.25) is 4.79 Å². The molecule has 4 nitrogen and oxygen atoms in total. The number of aromatic nitrogens is 2. The molecule has 0 bridgehead atoms. The van der Waals surface area contributed by atoms with Crippen molar-refractivity contribution in [1.29, 1.82) is 0 Å². The first kappa shape index (κ1) is 21.7. The van der Waals surface area contributed by atoms with Crippen LogP contribution in [-0.2, 0) is 10.3 Å². The van der Waals surface area contributed by atoms with E-state index < -0.39 is 5.54 Å². The largest absolute Gasteiger partial charge is 0.368 e. The number of primary amides is 1. The van der Waals surface area contributed by atoms with E-state index in [-0.39, 0.29) is 5.91 Å². The van der Waals surface area contributed by atoms with Crippen LogP contribution >= 0.6 is 0 Å². The van der Waals surface area contributed by atoms with Crippen LogP contribution < -0.4 is 5.73 Å². The molecule has 1 amide bonds. The molecule has 0 aliphatic heterocycles. The first-order chi connectivity index (χ1) is 12.2. The van der Waals surface area contributed by atoms with Gasteiger partial charge in [0, 0.05) is 12.4 Å². The molecular formula is C21H39N3O. The van der Waals surface area contributed by atoms with E-state index in [1.807, 2.05) is 10.8 Å². The minimum absolute atomic E-state index is 0.201. The zero-order valence-electron chi connectivity index (χ0n) is 16.5. The molecule has 0 unspecified atom stereocenters. The summed E-state index contributed by atoms with van der Waals surface area (Å²) in [6, 6.07) is 0. The standard InChI is InChI=1S/C21H39N3O/c1-3-5-7-9-11-13-15-21(20(22)25,24-18-17-23-19-24)16-14-12-10-8-6-4-2/h17-19H,3-16H2,1-2H3,(H2,22,25). The molecule has 0 radical (unpaired) electrons. The van der Waals surface area contributed by atoms with Crippen LogP contribution in [0.4, 0.5) is 0 Å². The van der Waals surface area contributed by atoms with Crippen LogP contribution in [0.25, 0.3) is 0 Å². The van der Waals surface area contributed by atoms with E-state index in [0.29, 0.717) is 0 Å². The van der Waals surface area contributed by atoms with Gasteiger partial charge in [-0.05, 0) is 12.8 Å². The second kappa shape index (κ2) is 13.0. The van der Waals surface area contributed by atoms with Crippen molar-refractivity contribution >= 4 is 5.91 Å². The Morgan fingerprint density at radius 3 is 1.76 bits per heavy atom. The van der Waals surface area contributed by atoms with Gasteiger partial charge in [0.25, 0.3) is 0 Å². The molecule has 1 aromatic rings. The Morgan fingerprint density at radius 2 is 1.36 bits per heavy atom. The van der Waals surface area contributed by atoms with Crippen molar-refractivity contribution in [1.82, 2.24) is 9.55 Å². The summed E-state index contributed by atoms with van der Waals surface area (Å²) in [5, 5.41) is 0. The third-order valence-electron chi connectivity index (χ3n) is 5.35. The molecule has 144 valence electrons. The predicted molar refractivity (Wildman–Crippen MR) is 105 cm³/mol. The lowest BCUT2D eigenvalue weighted by Gasteiger charge is -2.32. The van der Waals surface area contributed by atoms with E-state index in [4.69, 9.17) is 5.73 Å². The van der Waals surface area contributed by atoms with Gasteiger partial charge in [0.1, 0.15) is 5.54 Å². The van der Waals surface area contributed by atoms with Gasteiger partial charge in [-0.2, -0.15) is 0 Å². The number of unbranched alkanes of at least 4 members (excludes halogenated alkanes) is 10. The molecule has 0 aliphatic carbocycles. The first-order valence-electron chi connectivity index (χ1n) is 10.5. The lowest BCUT2D eigenvalue weighted by molar-refractivity contribution is -0.127. The van der Waals surface area contributed by atoms with E-state index in [9.17, 15) is 4.79 Å². The Balaban J connectivity index is 2.58. The Hall–Kier alpha value is -1.32. The Morgan fingerprint density at radius 1 is 0.880 bits per heavy atom. The third kappa shape index (κ3) is 7.62. The van der Waals surface area contributed by atoms with Gasteiger partial charge in [0.2, 0.25) is 5.91 Å². The number of hydrogen-bond donors (Lipinski definition) is 1. The van der Waals surface area contributed by atoms with Crippen molar-refractivity contribution in [3.63, 3.8) is 0 Å². The van der Waals surface area contributed by atoms with Crippen LogP contribution in [0.2, 0.25) is 0 Å². The van der Waals surface area contributed by atoms with E-state index in [1.54, 1.807) is 12.5 Å². The zero-order valence-corrected chi connectivity index (χ0v) is 16.5. The highest BCUT2D eigenvalue weighted by Gasteiger charge is 2.37. The van der Waals surface area contributed by atoms with Crippen LogP contribution in [0.15, 0.2) is 18.7 Å². The van der Waals surface area contributed by atoms with E-state index in [0.717, 1.165) is 25.7 Å². The van der Waals surface area contributed by atoms with Crippen molar-refractivity contribution in [3.8, 4) is 0 Å². The summed E-state index contributed by atoms with van der Waals surface area (Å²) in [6.45, 7) is 4.47. The quantitative estimate of drug-likeness (QED) is 0.397. The summed E-state index contributed by atoms with van der Waals surface area (Å²) in [5.41, 5.74) is 5.31. The van der Waals surface area contributed by atoms with Crippen LogP contribution in [0.5, 0.6) is 0 Å². The van der Waals surface area contributed by atoms with Gasteiger partial charge < -0.3 is 10.3 Å². The third-order valence-corrected chi connectivity index (χ3v) is 5.35. The van der Waals surface area contributed by atoms with Crippen molar-refractivity contribution in [2.24, 2.45) is 5.73 Å². The molecular weight excluding hydrogens is 310 g/mol. The Kier molecular flexibility index (Phi) is 11.3. The number of imidazole rings is 1. The molecule has 0 aliphatic rings. The zero-order chi connectivity index (χ0) is 18.4. The molecule has 1 aromatic heterocycles. The SMILES string of the molecule is CCCCCCCCC(CCCCCCCC)(C(N)=O)n1ccnc1. The number of carbonyl (C=O) groups is 1. The maximum atomic E-state index is 12.4. The molecule has 25 heavy (non-hydrogen) atoms. The molecule has 0 saturated heterocycles. The van der Waals surface area contributed by atoms with Gasteiger partial charge in [0.05, 0.1) is 6.33 Å². The lowest BCUT2D eigenvalue weighted by atomic mass is 9.85. The highest BCUT2D eigenvalue weighted by molar-refractivity contribution is 5.82. The average molecular weight is 350 g/mol. The number of hydrogen-bond acceptors (Lipinski definition) is 2. The summed E-state index contributed by atoms with van der Waals surface area (Å²) in [6.07, 6.45) is 21.8. The maximum Gasteiger partial charge on any atom is 0.243 e. The molecule has 0 aromatic carbocycles. The summed E-state index contributed by atoms with van der Waals surface area (Å²) >= 11 is 0. The fourth-order valence-corrected chi connectivity index (χ4v) is 3.66. The number of amides is 1. The number of carbonyl (C=O) groups excluding carboxylic acids is 1. The van der Waals surface area contributed by atoms with Gasteiger partial charge in [-0.25, -0.2) is 4.98 Å². The number of rotatable bonds is 16. The highest BCUT2D eigenvalue weighted by atomic mass is 16.1. The smallest absolute Gasteiger partial charge is 0.243 e. The van der Waals surface area contributed by atoms with E-state index >= 15 is 0 Å². The second-order valence-electron chi connectivity index (χ2n) is 7.40. The average Bonchev–Trinajstić information content (AvgIpc) is 3.14. The maximum absolute atomic E-state index is 12.4. The number of nitrogens with two attached hydrogens (primary N) is 1. The summed E-state index contributed by atoms with van der Waals surface area (Å²) < 4.78 is 1.97. The summed E-state index contributed by atoms with van der Waals surface area (Å²) in [5.74, 6) is -0.201. The minimum Gasteiger partial charge on any atom is -0.368 e. The summed E-state index contributed by atoms with van der Waals surface area (Å²) in [7, 11) is 0. The van der Waals surface area contributed by atoms with Crippen LogP contribution in [0.1, 0.15) is 104 Å². The highest BCUT2D eigenvalue weighted by Crippen LogP contribution is 2.30. The van der Waals surface area contributed by atoms with Gasteiger partial charge >= 0.3 is 0 Å². The molecule has 1 heterocycles. The molecule has 0 atom stereocenters. The molecule has 0 saturated carbocycles. The minimum atomic E-state index is -0.591. The van der Waals surface area contributed by atoms with Crippen LogP contribution in [-0.4, -0.2) is 15.5 Å². The van der Waals surface area contributed by atoms with Crippen molar-refractivity contribution in [3.05, 3.63) is 18.7 Å². The second-order valence-corrected chi connectivity index (χ2v) is 7.40. The fraction of sp³-hybridized carbons (Fsp3) is 0.810. The topological polar surface area (TPSA) is 60.9 Å². The van der Waals surface area contributed by atoms with Gasteiger partial charge in [-0.15, -0.1) is 0 Å². The molecule has 2 N–H and O–H groups in total. The lowest BCUT2D eigenvalue weighted by Crippen LogP contribution is -2.46. The normalized spacial score (nSPS) is 11.8. The Labute approximate surface area is 154 Å². The van der Waals surface area contributed by atoms with E-state index in [1.165, 1.54) is 64.2 Å². The molecule has 1 rings (SSSR count). The Bertz CT molecular complexity index is 426. The van der Waals surface area contributed by atoms with Crippen LogP contribution in [0, 0.1) is 0 Å². The summed E-state index contributed by atoms with van der Waals surface area (Å²) in [4.78, 5) is 16.6. The van der Waals surface area contributed by atoms with Crippen molar-refractivity contribution < 1.29 is 4.79 Å².